The van der Waals surface area contributed by atoms with Crippen molar-refractivity contribution in [1.29, 1.82) is 0 Å². The summed E-state index contributed by atoms with van der Waals surface area (Å²) in [4.78, 5) is 0. The molecule has 1 saturated heterocycles. The van der Waals surface area contributed by atoms with Crippen LogP contribution in [0, 0.1) is 5.92 Å². The van der Waals surface area contributed by atoms with Gasteiger partial charge >= 0.3 is 0 Å². The molecular formula is C9H18S. The highest BCUT2D eigenvalue weighted by Crippen LogP contribution is 2.32. The molecule has 0 bridgehead atoms. The highest BCUT2D eigenvalue weighted by molar-refractivity contribution is 7.99. The SMILES string of the molecule is CCCC1CCCSC1C. The largest absolute Gasteiger partial charge is 0.159 e. The molecule has 1 rings (SSSR count). The van der Waals surface area contributed by atoms with E-state index in [1.807, 2.05) is 0 Å². The Kier molecular flexibility index (Phi) is 3.61. The van der Waals surface area contributed by atoms with Crippen LogP contribution in [0.25, 0.3) is 0 Å². The molecular weight excluding hydrogens is 140 g/mol. The molecule has 0 spiro atoms. The van der Waals surface area contributed by atoms with Crippen LogP contribution in [0.1, 0.15) is 39.5 Å². The molecule has 1 fully saturated rings. The number of thioether (sulfide) groups is 1. The Morgan fingerprint density at radius 3 is 2.90 bits per heavy atom. The predicted octanol–water partition coefficient (Wildman–Crippen LogP) is 3.32. The van der Waals surface area contributed by atoms with Gasteiger partial charge in [0.15, 0.2) is 0 Å². The Morgan fingerprint density at radius 1 is 1.50 bits per heavy atom. The maximum atomic E-state index is 2.39. The Balaban J connectivity index is 2.25. The highest BCUT2D eigenvalue weighted by atomic mass is 32.2. The second-order valence-electron chi connectivity index (χ2n) is 3.27. The lowest BCUT2D eigenvalue weighted by atomic mass is 9.95. The van der Waals surface area contributed by atoms with E-state index in [2.05, 4.69) is 25.6 Å². The molecule has 1 aliphatic heterocycles. The van der Waals surface area contributed by atoms with Crippen molar-refractivity contribution < 1.29 is 0 Å². The number of hydrogen-bond donors (Lipinski definition) is 0. The van der Waals surface area contributed by atoms with Gasteiger partial charge in [0, 0.05) is 5.25 Å². The van der Waals surface area contributed by atoms with Crippen LogP contribution in [0.3, 0.4) is 0 Å². The third-order valence-electron chi connectivity index (χ3n) is 2.42. The molecule has 1 heterocycles. The van der Waals surface area contributed by atoms with E-state index in [4.69, 9.17) is 0 Å². The average molecular weight is 158 g/mol. The molecule has 0 amide bonds. The molecule has 0 N–H and O–H groups in total. The van der Waals surface area contributed by atoms with E-state index in [0.29, 0.717) is 0 Å². The first kappa shape index (κ1) is 8.45. The van der Waals surface area contributed by atoms with Gasteiger partial charge in [-0.15, -0.1) is 0 Å². The summed E-state index contributed by atoms with van der Waals surface area (Å²) in [5.41, 5.74) is 0. The fourth-order valence-electron chi connectivity index (χ4n) is 1.74. The minimum atomic E-state index is 0.939. The fourth-order valence-corrected chi connectivity index (χ4v) is 2.98. The minimum Gasteiger partial charge on any atom is -0.159 e. The van der Waals surface area contributed by atoms with Crippen LogP contribution in [0.2, 0.25) is 0 Å². The van der Waals surface area contributed by atoms with Gasteiger partial charge in [-0.2, -0.15) is 11.8 Å². The molecule has 0 aromatic carbocycles. The molecule has 2 unspecified atom stereocenters. The lowest BCUT2D eigenvalue weighted by Gasteiger charge is -2.27. The summed E-state index contributed by atoms with van der Waals surface area (Å²) < 4.78 is 0. The van der Waals surface area contributed by atoms with Gasteiger partial charge in [0.1, 0.15) is 0 Å². The summed E-state index contributed by atoms with van der Waals surface area (Å²) in [5, 5.41) is 0.939. The zero-order chi connectivity index (χ0) is 7.40. The normalized spacial score (nSPS) is 34.2. The fraction of sp³-hybridized carbons (Fsp3) is 1.00. The van der Waals surface area contributed by atoms with E-state index >= 15 is 0 Å². The lowest BCUT2D eigenvalue weighted by Crippen LogP contribution is -2.18. The van der Waals surface area contributed by atoms with Gasteiger partial charge in [-0.25, -0.2) is 0 Å². The van der Waals surface area contributed by atoms with Crippen molar-refractivity contribution in [2.45, 2.75) is 44.8 Å². The number of hydrogen-bond acceptors (Lipinski definition) is 1. The first-order valence-electron chi connectivity index (χ1n) is 4.46. The summed E-state index contributed by atoms with van der Waals surface area (Å²) in [6.07, 6.45) is 5.77. The van der Waals surface area contributed by atoms with Gasteiger partial charge in [-0.05, 0) is 30.9 Å². The second kappa shape index (κ2) is 4.27. The molecule has 2 atom stereocenters. The summed E-state index contributed by atoms with van der Waals surface area (Å²) in [6, 6.07) is 0. The molecule has 60 valence electrons. The first-order chi connectivity index (χ1) is 4.84. The van der Waals surface area contributed by atoms with Crippen molar-refractivity contribution in [3.8, 4) is 0 Å². The standard InChI is InChI=1S/C9H18S/c1-3-5-9-6-4-7-10-8(9)2/h8-9H,3-7H2,1-2H3. The van der Waals surface area contributed by atoms with E-state index in [-0.39, 0.29) is 0 Å². The highest BCUT2D eigenvalue weighted by Gasteiger charge is 2.20. The summed E-state index contributed by atoms with van der Waals surface area (Å²) in [6.45, 7) is 4.69. The zero-order valence-corrected chi connectivity index (χ0v) is 7.91. The van der Waals surface area contributed by atoms with Crippen molar-refractivity contribution >= 4 is 11.8 Å². The van der Waals surface area contributed by atoms with Crippen LogP contribution in [-0.4, -0.2) is 11.0 Å². The minimum absolute atomic E-state index is 0.939. The molecule has 1 heteroatoms. The first-order valence-corrected chi connectivity index (χ1v) is 5.51. The van der Waals surface area contributed by atoms with Crippen LogP contribution < -0.4 is 0 Å². The predicted molar refractivity (Wildman–Crippen MR) is 49.6 cm³/mol. The van der Waals surface area contributed by atoms with E-state index in [1.165, 1.54) is 31.4 Å². The van der Waals surface area contributed by atoms with E-state index in [9.17, 15) is 0 Å². The van der Waals surface area contributed by atoms with Crippen LogP contribution in [-0.2, 0) is 0 Å². The monoisotopic (exact) mass is 158 g/mol. The zero-order valence-electron chi connectivity index (χ0n) is 7.10. The van der Waals surface area contributed by atoms with Gasteiger partial charge in [-0.1, -0.05) is 20.3 Å². The third-order valence-corrected chi connectivity index (χ3v) is 3.86. The Hall–Kier alpha value is 0.350. The summed E-state index contributed by atoms with van der Waals surface area (Å²) in [7, 11) is 0. The molecule has 0 aliphatic carbocycles. The molecule has 0 aromatic heterocycles. The van der Waals surface area contributed by atoms with E-state index in [0.717, 1.165) is 11.2 Å². The third kappa shape index (κ3) is 2.19. The van der Waals surface area contributed by atoms with Crippen LogP contribution in [0.5, 0.6) is 0 Å². The Labute approximate surface area is 68.8 Å². The molecule has 1 aliphatic rings. The van der Waals surface area contributed by atoms with Gasteiger partial charge in [0.25, 0.3) is 0 Å². The molecule has 0 nitrogen and oxygen atoms in total. The number of rotatable bonds is 2. The van der Waals surface area contributed by atoms with Crippen molar-refractivity contribution in [2.24, 2.45) is 5.92 Å². The van der Waals surface area contributed by atoms with Crippen molar-refractivity contribution in [2.75, 3.05) is 5.75 Å². The second-order valence-corrected chi connectivity index (χ2v) is 4.75. The van der Waals surface area contributed by atoms with E-state index < -0.39 is 0 Å². The summed E-state index contributed by atoms with van der Waals surface area (Å²) >= 11 is 2.17. The molecule has 0 saturated carbocycles. The van der Waals surface area contributed by atoms with Gasteiger partial charge in [0.2, 0.25) is 0 Å². The van der Waals surface area contributed by atoms with Gasteiger partial charge < -0.3 is 0 Å². The molecule has 0 radical (unpaired) electrons. The maximum Gasteiger partial charge on any atom is 0.00469 e. The van der Waals surface area contributed by atoms with E-state index in [1.54, 1.807) is 0 Å². The van der Waals surface area contributed by atoms with Gasteiger partial charge in [0.05, 0.1) is 0 Å². The Morgan fingerprint density at radius 2 is 2.30 bits per heavy atom. The van der Waals surface area contributed by atoms with Crippen molar-refractivity contribution in [3.05, 3.63) is 0 Å². The Bertz CT molecular complexity index is 88.7. The van der Waals surface area contributed by atoms with Crippen molar-refractivity contribution in [3.63, 3.8) is 0 Å². The maximum absolute atomic E-state index is 2.39. The van der Waals surface area contributed by atoms with Crippen LogP contribution in [0.15, 0.2) is 0 Å². The average Bonchev–Trinajstić information content (AvgIpc) is 1.94. The van der Waals surface area contributed by atoms with Crippen LogP contribution in [0.4, 0.5) is 0 Å². The topological polar surface area (TPSA) is 0 Å². The summed E-state index contributed by atoms with van der Waals surface area (Å²) in [5.74, 6) is 2.44. The van der Waals surface area contributed by atoms with Gasteiger partial charge in [-0.3, -0.25) is 0 Å². The van der Waals surface area contributed by atoms with Crippen LogP contribution >= 0.6 is 11.8 Å². The molecule has 10 heavy (non-hydrogen) atoms. The smallest absolute Gasteiger partial charge is 0.00469 e. The lowest BCUT2D eigenvalue weighted by molar-refractivity contribution is 0.428. The molecule has 0 aromatic rings. The van der Waals surface area contributed by atoms with Crippen molar-refractivity contribution in [1.82, 2.24) is 0 Å². The quantitative estimate of drug-likeness (QED) is 0.594.